The van der Waals surface area contributed by atoms with Crippen LogP contribution in [0.5, 0.6) is 0 Å². The van der Waals surface area contributed by atoms with Crippen molar-refractivity contribution in [3.63, 3.8) is 0 Å². The number of nitrogens with zero attached hydrogens (tertiary/aromatic N) is 1. The molecule has 0 aliphatic rings. The van der Waals surface area contributed by atoms with Gasteiger partial charge in [-0.05, 0) is 24.9 Å². The fourth-order valence-electron chi connectivity index (χ4n) is 1.28. The third-order valence-corrected chi connectivity index (χ3v) is 3.22. The molecule has 0 unspecified atom stereocenters. The van der Waals surface area contributed by atoms with Gasteiger partial charge in [0.05, 0.1) is 0 Å². The van der Waals surface area contributed by atoms with Gasteiger partial charge in [0.15, 0.2) is 0 Å². The summed E-state index contributed by atoms with van der Waals surface area (Å²) in [4.78, 5) is 14.7. The Bertz CT molecular complexity index is 290. The first-order chi connectivity index (χ1) is 7.24. The van der Waals surface area contributed by atoms with Crippen molar-refractivity contribution in [2.75, 3.05) is 27.2 Å². The molecule has 0 radical (unpaired) electrons. The molecule has 92 valence electrons. The highest BCUT2D eigenvalue weighted by Gasteiger charge is 2.07. The number of amides is 1. The molecule has 0 saturated heterocycles. The Kier molecular flexibility index (Phi) is 8.25. The molecule has 3 nitrogen and oxygen atoms in total. The van der Waals surface area contributed by atoms with Crippen LogP contribution in [0.15, 0.2) is 17.5 Å². The van der Waals surface area contributed by atoms with Gasteiger partial charge in [0.25, 0.3) is 0 Å². The van der Waals surface area contributed by atoms with E-state index in [0.29, 0.717) is 6.42 Å². The molecule has 1 N–H and O–H groups in total. The minimum atomic E-state index is 0. The summed E-state index contributed by atoms with van der Waals surface area (Å²) in [6.45, 7) is 1.63. The zero-order valence-corrected chi connectivity index (χ0v) is 11.4. The quantitative estimate of drug-likeness (QED) is 0.848. The Morgan fingerprint density at radius 3 is 2.88 bits per heavy atom. The number of rotatable bonds is 6. The fraction of sp³-hybridized carbons (Fsp3) is 0.545. The van der Waals surface area contributed by atoms with Crippen LogP contribution in [-0.2, 0) is 11.2 Å². The standard InChI is InChI=1S/C11H18N2OS.ClH/c1-12-7-8-13(2)11(14)6-5-10-4-3-9-15-10;/h3-4,9,12H,5-8H2,1-2H3;1H. The Balaban J connectivity index is 0.00000225. The molecule has 1 amide bonds. The van der Waals surface area contributed by atoms with Crippen LogP contribution in [0.3, 0.4) is 0 Å². The maximum atomic E-state index is 11.6. The van der Waals surface area contributed by atoms with E-state index in [9.17, 15) is 4.79 Å². The zero-order valence-electron chi connectivity index (χ0n) is 9.73. The van der Waals surface area contributed by atoms with Gasteiger partial charge in [-0.25, -0.2) is 0 Å². The SMILES string of the molecule is CNCCN(C)C(=O)CCc1cccs1.Cl. The molecule has 0 aromatic carbocycles. The fourth-order valence-corrected chi connectivity index (χ4v) is 1.99. The lowest BCUT2D eigenvalue weighted by Crippen LogP contribution is -2.32. The summed E-state index contributed by atoms with van der Waals surface area (Å²) in [5.41, 5.74) is 0. The summed E-state index contributed by atoms with van der Waals surface area (Å²) in [5, 5.41) is 5.08. The molecule has 0 aliphatic carbocycles. The third kappa shape index (κ3) is 5.49. The van der Waals surface area contributed by atoms with Crippen LogP contribution < -0.4 is 5.32 Å². The summed E-state index contributed by atoms with van der Waals surface area (Å²) in [7, 11) is 3.75. The number of nitrogens with one attached hydrogen (secondary N) is 1. The van der Waals surface area contributed by atoms with E-state index in [1.54, 1.807) is 16.2 Å². The van der Waals surface area contributed by atoms with E-state index in [1.165, 1.54) is 4.88 Å². The number of thiophene rings is 1. The Morgan fingerprint density at radius 1 is 1.56 bits per heavy atom. The first-order valence-corrected chi connectivity index (χ1v) is 6.03. The van der Waals surface area contributed by atoms with Crippen molar-refractivity contribution in [2.24, 2.45) is 0 Å². The molecule has 5 heteroatoms. The Hall–Kier alpha value is -0.580. The summed E-state index contributed by atoms with van der Waals surface area (Å²) in [6.07, 6.45) is 1.47. The lowest BCUT2D eigenvalue weighted by molar-refractivity contribution is -0.129. The van der Waals surface area contributed by atoms with E-state index < -0.39 is 0 Å². The second-order valence-electron chi connectivity index (χ2n) is 3.50. The summed E-state index contributed by atoms with van der Waals surface area (Å²) in [6, 6.07) is 4.10. The highest BCUT2D eigenvalue weighted by molar-refractivity contribution is 7.09. The smallest absolute Gasteiger partial charge is 0.222 e. The second kappa shape index (κ2) is 8.56. The molecule has 1 heterocycles. The van der Waals surface area contributed by atoms with Crippen molar-refractivity contribution in [3.8, 4) is 0 Å². The normalized spacial score (nSPS) is 9.62. The number of carbonyl (C=O) groups is 1. The third-order valence-electron chi connectivity index (χ3n) is 2.29. The first kappa shape index (κ1) is 15.4. The van der Waals surface area contributed by atoms with Crippen molar-refractivity contribution < 1.29 is 4.79 Å². The van der Waals surface area contributed by atoms with E-state index in [0.717, 1.165) is 19.5 Å². The minimum Gasteiger partial charge on any atom is -0.344 e. The van der Waals surface area contributed by atoms with Crippen molar-refractivity contribution in [1.29, 1.82) is 0 Å². The molecule has 0 fully saturated rings. The van der Waals surface area contributed by atoms with Crippen molar-refractivity contribution in [1.82, 2.24) is 10.2 Å². The minimum absolute atomic E-state index is 0. The van der Waals surface area contributed by atoms with Gasteiger partial charge in [-0.3, -0.25) is 4.79 Å². The van der Waals surface area contributed by atoms with Gasteiger partial charge < -0.3 is 10.2 Å². The predicted octanol–water partition coefficient (Wildman–Crippen LogP) is 1.78. The van der Waals surface area contributed by atoms with Crippen LogP contribution in [0.4, 0.5) is 0 Å². The van der Waals surface area contributed by atoms with Crippen molar-refractivity contribution >= 4 is 29.7 Å². The van der Waals surface area contributed by atoms with E-state index in [-0.39, 0.29) is 18.3 Å². The second-order valence-corrected chi connectivity index (χ2v) is 4.53. The van der Waals surface area contributed by atoms with Gasteiger partial charge in [0.2, 0.25) is 5.91 Å². The van der Waals surface area contributed by atoms with Gasteiger partial charge >= 0.3 is 0 Å². The molecular formula is C11H19ClN2OS. The topological polar surface area (TPSA) is 32.3 Å². The predicted molar refractivity (Wildman–Crippen MR) is 71.5 cm³/mol. The first-order valence-electron chi connectivity index (χ1n) is 5.15. The average Bonchev–Trinajstić information content (AvgIpc) is 2.75. The molecule has 0 aliphatic heterocycles. The molecular weight excluding hydrogens is 244 g/mol. The van der Waals surface area contributed by atoms with Crippen LogP contribution >= 0.6 is 23.7 Å². The van der Waals surface area contributed by atoms with E-state index in [1.807, 2.05) is 25.5 Å². The molecule has 0 atom stereocenters. The number of carbonyl (C=O) groups excluding carboxylic acids is 1. The molecule has 1 aromatic heterocycles. The molecule has 1 aromatic rings. The molecule has 0 bridgehead atoms. The number of hydrogen-bond acceptors (Lipinski definition) is 3. The van der Waals surface area contributed by atoms with Gasteiger partial charge in [-0.1, -0.05) is 6.07 Å². The van der Waals surface area contributed by atoms with Crippen LogP contribution in [0.1, 0.15) is 11.3 Å². The number of halogens is 1. The highest BCUT2D eigenvalue weighted by atomic mass is 35.5. The van der Waals surface area contributed by atoms with Gasteiger partial charge in [-0.15, -0.1) is 23.7 Å². The summed E-state index contributed by atoms with van der Waals surface area (Å²) < 4.78 is 0. The average molecular weight is 263 g/mol. The Labute approximate surface area is 107 Å². The Morgan fingerprint density at radius 2 is 2.31 bits per heavy atom. The highest BCUT2D eigenvalue weighted by Crippen LogP contribution is 2.11. The largest absolute Gasteiger partial charge is 0.344 e. The van der Waals surface area contributed by atoms with E-state index >= 15 is 0 Å². The molecule has 0 spiro atoms. The van der Waals surface area contributed by atoms with Crippen molar-refractivity contribution in [2.45, 2.75) is 12.8 Å². The maximum absolute atomic E-state index is 11.6. The lowest BCUT2D eigenvalue weighted by Gasteiger charge is -2.16. The zero-order chi connectivity index (χ0) is 11.1. The van der Waals surface area contributed by atoms with Gasteiger partial charge in [0, 0.05) is 31.4 Å². The van der Waals surface area contributed by atoms with Crippen molar-refractivity contribution in [3.05, 3.63) is 22.4 Å². The van der Waals surface area contributed by atoms with E-state index in [2.05, 4.69) is 11.4 Å². The van der Waals surface area contributed by atoms with Crippen LogP contribution in [0.2, 0.25) is 0 Å². The molecule has 16 heavy (non-hydrogen) atoms. The number of hydrogen-bond donors (Lipinski definition) is 1. The van der Waals surface area contributed by atoms with Crippen LogP contribution in [-0.4, -0.2) is 38.0 Å². The number of likely N-dealkylation sites (N-methyl/N-ethyl adjacent to an activating group) is 2. The van der Waals surface area contributed by atoms with Crippen LogP contribution in [0.25, 0.3) is 0 Å². The lowest BCUT2D eigenvalue weighted by atomic mass is 10.2. The molecule has 0 saturated carbocycles. The molecule has 1 rings (SSSR count). The van der Waals surface area contributed by atoms with Gasteiger partial charge in [0.1, 0.15) is 0 Å². The maximum Gasteiger partial charge on any atom is 0.222 e. The van der Waals surface area contributed by atoms with E-state index in [4.69, 9.17) is 0 Å². The summed E-state index contributed by atoms with van der Waals surface area (Å²) >= 11 is 1.71. The monoisotopic (exact) mass is 262 g/mol. The number of aryl methyl sites for hydroxylation is 1. The summed E-state index contributed by atoms with van der Waals surface area (Å²) in [5.74, 6) is 0.221. The van der Waals surface area contributed by atoms with Crippen LogP contribution in [0, 0.1) is 0 Å². The van der Waals surface area contributed by atoms with Gasteiger partial charge in [-0.2, -0.15) is 0 Å².